The average molecular weight is 1380 g/mol. The number of nitrogens with two attached hydrogens (primary N) is 4. The molecule has 4 saturated heterocycles. The van der Waals surface area contributed by atoms with Gasteiger partial charge in [-0.15, -0.1) is 0 Å². The quantitative estimate of drug-likeness (QED) is 0.0199. The summed E-state index contributed by atoms with van der Waals surface area (Å²) in [5.41, 5.74) is 23.7. The molecule has 0 spiro atoms. The number of aldehydes is 4. The molecular weight excluding hydrogens is 1280 g/mol. The first-order valence-electron chi connectivity index (χ1n) is 30.2. The molecule has 0 aliphatic carbocycles. The van der Waals surface area contributed by atoms with Gasteiger partial charge in [0.05, 0.1) is 116 Å². The van der Waals surface area contributed by atoms with Crippen LogP contribution in [-0.4, -0.2) is 355 Å². The van der Waals surface area contributed by atoms with Gasteiger partial charge in [0.15, 0.2) is 31.3 Å². The summed E-state index contributed by atoms with van der Waals surface area (Å²) < 4.78 is 57.7. The van der Waals surface area contributed by atoms with Crippen LogP contribution in [0.2, 0.25) is 0 Å². The van der Waals surface area contributed by atoms with Gasteiger partial charge >= 0.3 is 5.97 Å². The van der Waals surface area contributed by atoms with Crippen molar-refractivity contribution in [3.63, 3.8) is 0 Å². The third-order valence-electron chi connectivity index (χ3n) is 13.7. The highest BCUT2D eigenvalue weighted by Crippen LogP contribution is 2.25. The lowest BCUT2D eigenvalue weighted by Gasteiger charge is -2.39. The first-order valence-corrected chi connectivity index (χ1v) is 30.2. The van der Waals surface area contributed by atoms with E-state index in [9.17, 15) is 79.8 Å². The second-order valence-corrected chi connectivity index (χ2v) is 21.6. The van der Waals surface area contributed by atoms with E-state index in [1.165, 1.54) is 0 Å². The van der Waals surface area contributed by atoms with Gasteiger partial charge in [0.1, 0.15) is 98.9 Å². The summed E-state index contributed by atoms with van der Waals surface area (Å²) in [7, 11) is 0. The van der Waals surface area contributed by atoms with Crippen LogP contribution in [0.25, 0.3) is 0 Å². The zero-order valence-corrected chi connectivity index (χ0v) is 52.7. The Morgan fingerprint density at radius 1 is 0.432 bits per heavy atom. The number of hydrogen-bond acceptors (Lipinski definition) is 37. The third-order valence-corrected chi connectivity index (χ3v) is 13.7. The minimum absolute atomic E-state index is 0.0251. The Morgan fingerprint density at radius 2 is 0.768 bits per heavy atom. The van der Waals surface area contributed by atoms with Gasteiger partial charge < -0.3 is 187 Å². The molecule has 22 atom stereocenters. The lowest BCUT2D eigenvalue weighted by Crippen LogP contribution is -2.59. The Labute approximate surface area is 548 Å². The van der Waals surface area contributed by atoms with Crippen molar-refractivity contribution in [1.29, 1.82) is 0 Å². The molecule has 0 radical (unpaired) electrons. The van der Waals surface area contributed by atoms with Crippen molar-refractivity contribution in [3.8, 4) is 0 Å². The van der Waals surface area contributed by atoms with Crippen molar-refractivity contribution in [2.24, 2.45) is 22.9 Å². The number of nitrogens with one attached hydrogen (secondary N) is 4. The van der Waals surface area contributed by atoms with E-state index in [-0.39, 0.29) is 52.4 Å². The van der Waals surface area contributed by atoms with E-state index in [4.69, 9.17) is 95.5 Å². The molecule has 0 aromatic heterocycles. The summed E-state index contributed by atoms with van der Waals surface area (Å²) in [6.45, 7) is 12.6. The first kappa shape index (κ1) is 88.1. The minimum Gasteiger partial charge on any atom is -0.479 e. The molecule has 0 bridgehead atoms. The van der Waals surface area contributed by atoms with Gasteiger partial charge in [-0.1, -0.05) is 19.7 Å². The number of carboxylic acid groups (broad SMARTS) is 1. The fraction of sp³-hybridized carbons (Fsp3) is 0.786. The number of carbonyl (C=O) groups is 6. The van der Waals surface area contributed by atoms with E-state index in [0.717, 1.165) is 5.70 Å². The normalized spacial score (nSPS) is 30.0. The van der Waals surface area contributed by atoms with Crippen LogP contribution in [-0.2, 0) is 80.9 Å². The molecule has 552 valence electrons. The summed E-state index contributed by atoms with van der Waals surface area (Å²) in [6, 6.07) is -2.54. The molecule has 12 unspecified atom stereocenters. The van der Waals surface area contributed by atoms with E-state index in [1.54, 1.807) is 0 Å². The number of hydrogen-bond donors (Lipinski definition) is 22. The maximum Gasteiger partial charge on any atom is 0.335 e. The fourth-order valence-corrected chi connectivity index (χ4v) is 8.01. The second kappa shape index (κ2) is 50.5. The Morgan fingerprint density at radius 3 is 1.14 bits per heavy atom. The highest BCUT2D eigenvalue weighted by molar-refractivity contribution is 5.77. The number of amides is 1. The maximum absolute atomic E-state index is 11.4. The van der Waals surface area contributed by atoms with Crippen molar-refractivity contribution < 1.29 is 152 Å². The average Bonchev–Trinajstić information content (AvgIpc) is 0.907. The monoisotopic (exact) mass is 1380 g/mol. The van der Waals surface area contributed by atoms with Crippen LogP contribution in [0.5, 0.6) is 0 Å². The number of carboxylic acids is 1. The molecule has 1 amide bonds. The molecule has 39 nitrogen and oxygen atoms in total. The van der Waals surface area contributed by atoms with Gasteiger partial charge in [0, 0.05) is 75.4 Å². The van der Waals surface area contributed by atoms with Crippen molar-refractivity contribution >= 4 is 37.0 Å². The van der Waals surface area contributed by atoms with Gasteiger partial charge in [-0.05, 0) is 0 Å². The van der Waals surface area contributed by atoms with Crippen molar-refractivity contribution in [3.05, 3.63) is 36.8 Å². The van der Waals surface area contributed by atoms with Crippen LogP contribution >= 0.6 is 0 Å². The second-order valence-electron chi connectivity index (χ2n) is 21.6. The standard InChI is InChI=1S/C15H26N2O8.C15H28N2O8.C15H28N2O7.C11H20N2O8/c1-9(17-7-10(16)8-18)2-3-23-4-5-24-12-6-11(19)13(20)14(25-12)15(21)22;1-9(17-6-10(16)7-18)2-3-23-4-5-24-15-14(22)13(21)12(20)11(8-19)25-15;1-10(17-7-11(16)8-18)2-3-22-4-5-23-14-6-12(20)15(21)13(9-19)24-14;12-5(2-14)1-13-7(16)4-20-11-10(19)9(18)8(17)6(3-15)21-11/h8,10-14,17,19-20H,1-7,16H2,(H,21,22);7,10-15,17,19-22H,1-6,8,16H2;8,11-15,17,19-21H,1-7,9,16H2;2,5-6,8-11,15,17-19H,1,3-4,12H2,(H,13,16)/t10-,11+,12?,13?,14?;10-,11?,12?,13-,14+,15?;11-,12+,13?,14?,15?;5-,6?,8?,9-,10+,11?/m0000/s1. The van der Waals surface area contributed by atoms with E-state index in [1.807, 2.05) is 0 Å². The van der Waals surface area contributed by atoms with Gasteiger partial charge in [0.25, 0.3) is 0 Å². The van der Waals surface area contributed by atoms with Crippen molar-refractivity contribution in [1.82, 2.24) is 21.3 Å². The lowest BCUT2D eigenvalue weighted by molar-refractivity contribution is -0.302. The molecule has 0 aromatic carbocycles. The lowest BCUT2D eigenvalue weighted by atomic mass is 9.99. The summed E-state index contributed by atoms with van der Waals surface area (Å²) >= 11 is 0. The summed E-state index contributed by atoms with van der Waals surface area (Å²) in [6.07, 6.45) is -18.3. The van der Waals surface area contributed by atoms with Crippen LogP contribution in [0.1, 0.15) is 32.1 Å². The fourth-order valence-electron chi connectivity index (χ4n) is 8.01. The van der Waals surface area contributed by atoms with Gasteiger partial charge in [-0.2, -0.15) is 0 Å². The predicted octanol–water partition coefficient (Wildman–Crippen LogP) is -11.9. The number of aliphatic hydroxyl groups is 13. The van der Waals surface area contributed by atoms with E-state index in [2.05, 4.69) is 41.0 Å². The zero-order chi connectivity index (χ0) is 71.6. The highest BCUT2D eigenvalue weighted by atomic mass is 16.7. The Balaban J connectivity index is 0.000000635. The maximum atomic E-state index is 11.4. The van der Waals surface area contributed by atoms with E-state index >= 15 is 0 Å². The smallest absolute Gasteiger partial charge is 0.335 e. The summed E-state index contributed by atoms with van der Waals surface area (Å²) in [5, 5.41) is 143. The zero-order valence-electron chi connectivity index (χ0n) is 52.7. The number of rotatable bonds is 43. The van der Waals surface area contributed by atoms with Gasteiger partial charge in [0.2, 0.25) is 5.91 Å². The van der Waals surface area contributed by atoms with Gasteiger partial charge in [-0.25, -0.2) is 4.79 Å². The van der Waals surface area contributed by atoms with Crippen LogP contribution in [0.4, 0.5) is 0 Å². The molecule has 4 heterocycles. The highest BCUT2D eigenvalue weighted by Gasteiger charge is 2.46. The molecular formula is C56H102N8O31. The molecule has 26 N–H and O–H groups in total. The third kappa shape index (κ3) is 36.0. The number of aliphatic carboxylic acids is 1. The molecule has 0 aromatic rings. The molecule has 4 fully saturated rings. The summed E-state index contributed by atoms with van der Waals surface area (Å²) in [5.74, 6) is -1.97. The van der Waals surface area contributed by atoms with Crippen molar-refractivity contribution in [2.75, 3.05) is 112 Å². The van der Waals surface area contributed by atoms with Crippen molar-refractivity contribution in [2.45, 2.75) is 167 Å². The van der Waals surface area contributed by atoms with Gasteiger partial charge in [-0.3, -0.25) is 4.79 Å². The molecule has 39 heteroatoms. The Hall–Kier alpha value is -4.88. The van der Waals surface area contributed by atoms with E-state index < -0.39 is 173 Å². The molecule has 4 aliphatic rings. The number of aliphatic hydroxyl groups excluding tert-OH is 13. The minimum atomic E-state index is -1.58. The van der Waals surface area contributed by atoms with E-state index in [0.29, 0.717) is 102 Å². The molecule has 4 aliphatic heterocycles. The Bertz CT molecular complexity index is 2170. The summed E-state index contributed by atoms with van der Waals surface area (Å²) in [4.78, 5) is 63.7. The largest absolute Gasteiger partial charge is 0.479 e. The first-order chi connectivity index (χ1) is 45.1. The van der Waals surface area contributed by atoms with Crippen LogP contribution in [0.15, 0.2) is 36.8 Å². The SMILES string of the molecule is C=C(CCOCCOC1C[C@@H](O)C(O)C(C(=O)O)O1)NC[C@H](N)C=O.C=C(CCOCCOC1C[C@@H](O)C(O)C(CO)O1)NC[C@H](N)C=O.C=C(CCOCCOC1OC(CO)C(O)[C@H](O)[C@H]1O)NC[C@H](N)C=O.N[C@H](C=O)CNC(=O)COC1OC(CO)C(O)[C@H](O)[C@H]1O. The topological polar surface area (TPSA) is 639 Å². The van der Waals surface area contributed by atoms with Crippen LogP contribution in [0, 0.1) is 0 Å². The number of carbonyl (C=O) groups excluding carboxylic acids is 5. The molecule has 4 rings (SSSR count). The van der Waals surface area contributed by atoms with Crippen LogP contribution in [0.3, 0.4) is 0 Å². The Kier molecular flexibility index (Phi) is 46.8. The molecule has 0 saturated carbocycles. The predicted molar refractivity (Wildman–Crippen MR) is 324 cm³/mol. The number of ether oxygens (including phenoxy) is 11. The molecule has 95 heavy (non-hydrogen) atoms. The van der Waals surface area contributed by atoms with Crippen LogP contribution < -0.4 is 44.2 Å².